The Labute approximate surface area is 132 Å². The molecule has 0 saturated carbocycles. The Morgan fingerprint density at radius 1 is 1.53 bits per heavy atom. The average molecular weight is 406 g/mol. The van der Waals surface area contributed by atoms with Gasteiger partial charge in [0.2, 0.25) is 0 Å². The number of halogens is 4. The minimum Gasteiger partial charge on any atom is -0.317 e. The lowest BCUT2D eigenvalue weighted by atomic mass is 9.98. The Morgan fingerprint density at radius 3 is 2.59 bits per heavy atom. The molecule has 2 atom stereocenters. The number of nitrogens with zero attached hydrogens (tertiary/aromatic N) is 1. The van der Waals surface area contributed by atoms with E-state index in [2.05, 4.69) is 42.6 Å². The largest absolute Gasteiger partial charge is 0.317 e. The van der Waals surface area contributed by atoms with Gasteiger partial charge in [0.15, 0.2) is 0 Å². The van der Waals surface area contributed by atoms with E-state index in [1.807, 2.05) is 6.08 Å². The van der Waals surface area contributed by atoms with Crippen LogP contribution in [0.4, 0.5) is 0 Å². The molecule has 0 aliphatic heterocycles. The highest BCUT2D eigenvalue weighted by molar-refractivity contribution is 14.1. The molecule has 0 bridgehead atoms. The van der Waals surface area contributed by atoms with E-state index in [0.29, 0.717) is 21.1 Å². The van der Waals surface area contributed by atoms with Gasteiger partial charge in [-0.2, -0.15) is 0 Å². The van der Waals surface area contributed by atoms with Crippen LogP contribution in [-0.2, 0) is 0 Å². The predicted molar refractivity (Wildman–Crippen MR) is 84.9 cm³/mol. The first kappa shape index (κ1) is 15.7. The summed E-state index contributed by atoms with van der Waals surface area (Å²) in [6, 6.07) is 0. The molecule has 94 valence electrons. The van der Waals surface area contributed by atoms with Crippen LogP contribution in [-0.4, -0.2) is 40.5 Å². The number of allylic oxidation sites excluding steroid dienone is 3. The van der Waals surface area contributed by atoms with Crippen molar-refractivity contribution in [3.63, 3.8) is 0 Å². The van der Waals surface area contributed by atoms with E-state index in [9.17, 15) is 0 Å². The van der Waals surface area contributed by atoms with E-state index >= 15 is 0 Å². The van der Waals surface area contributed by atoms with Crippen LogP contribution < -0.4 is 0 Å². The zero-order chi connectivity index (χ0) is 13.3. The summed E-state index contributed by atoms with van der Waals surface area (Å²) in [5, 5.41) is 1.03. The van der Waals surface area contributed by atoms with E-state index in [1.54, 1.807) is 6.08 Å². The number of alkyl halides is 2. The van der Waals surface area contributed by atoms with Crippen molar-refractivity contribution in [2.75, 3.05) is 27.2 Å². The van der Waals surface area contributed by atoms with Crippen LogP contribution in [0.3, 0.4) is 0 Å². The van der Waals surface area contributed by atoms with Gasteiger partial charge in [0, 0.05) is 10.1 Å². The standard InChI is InChI=1S/C12H14Cl3IN/c1-4-5-17(2,3)8-12(16)10(14)6-9(13)7-11(12)15/h1,6-7,10H,5,8H2,2-3H3/q+1. The van der Waals surface area contributed by atoms with Gasteiger partial charge < -0.3 is 4.48 Å². The highest BCUT2D eigenvalue weighted by Crippen LogP contribution is 2.43. The normalized spacial score (nSPS) is 29.4. The molecule has 1 rings (SSSR count). The molecule has 17 heavy (non-hydrogen) atoms. The van der Waals surface area contributed by atoms with Gasteiger partial charge in [0.25, 0.3) is 0 Å². The summed E-state index contributed by atoms with van der Waals surface area (Å²) in [5.41, 5.74) is 0. The van der Waals surface area contributed by atoms with Crippen molar-refractivity contribution in [3.8, 4) is 12.3 Å². The van der Waals surface area contributed by atoms with E-state index in [1.165, 1.54) is 0 Å². The molecule has 1 nitrogen and oxygen atoms in total. The maximum Gasteiger partial charge on any atom is 0.140 e. The summed E-state index contributed by atoms with van der Waals surface area (Å²) >= 11 is 20.9. The second-order valence-electron chi connectivity index (χ2n) is 4.76. The molecule has 0 aromatic rings. The molecule has 0 aromatic heterocycles. The van der Waals surface area contributed by atoms with Gasteiger partial charge in [-0.3, -0.25) is 0 Å². The van der Waals surface area contributed by atoms with E-state index in [0.717, 1.165) is 6.54 Å². The van der Waals surface area contributed by atoms with Crippen molar-refractivity contribution in [2.45, 2.75) is 8.80 Å². The van der Waals surface area contributed by atoms with Crippen molar-refractivity contribution < 1.29 is 4.48 Å². The molecule has 5 heteroatoms. The lowest BCUT2D eigenvalue weighted by Crippen LogP contribution is -2.53. The molecule has 0 aromatic carbocycles. The monoisotopic (exact) mass is 404 g/mol. The van der Waals surface area contributed by atoms with Crippen molar-refractivity contribution in [1.29, 1.82) is 0 Å². The van der Waals surface area contributed by atoms with Crippen LogP contribution >= 0.6 is 57.4 Å². The summed E-state index contributed by atoms with van der Waals surface area (Å²) in [7, 11) is 4.13. The van der Waals surface area contributed by atoms with Crippen molar-refractivity contribution in [1.82, 2.24) is 0 Å². The molecular formula is C12H14Cl3IN+. The first-order valence-electron chi connectivity index (χ1n) is 5.05. The number of hydrogen-bond acceptors (Lipinski definition) is 0. The van der Waals surface area contributed by atoms with Crippen molar-refractivity contribution >= 4 is 57.4 Å². The van der Waals surface area contributed by atoms with E-state index in [-0.39, 0.29) is 8.80 Å². The fourth-order valence-electron chi connectivity index (χ4n) is 1.78. The lowest BCUT2D eigenvalue weighted by molar-refractivity contribution is -0.883. The maximum atomic E-state index is 6.36. The second-order valence-corrected chi connectivity index (χ2v) is 8.00. The predicted octanol–water partition coefficient (Wildman–Crippen LogP) is 3.74. The van der Waals surface area contributed by atoms with E-state index in [4.69, 9.17) is 41.2 Å². The maximum absolute atomic E-state index is 6.36. The van der Waals surface area contributed by atoms with Gasteiger partial charge in [-0.05, 0) is 18.1 Å². The highest BCUT2D eigenvalue weighted by atomic mass is 127. The minimum atomic E-state index is -0.361. The van der Waals surface area contributed by atoms with Crippen LogP contribution in [0.2, 0.25) is 0 Å². The lowest BCUT2D eigenvalue weighted by Gasteiger charge is -2.39. The number of hydrogen-bond donors (Lipinski definition) is 0. The third-order valence-electron chi connectivity index (χ3n) is 2.58. The zero-order valence-electron chi connectivity index (χ0n) is 9.68. The third-order valence-corrected chi connectivity index (χ3v) is 6.04. The van der Waals surface area contributed by atoms with Gasteiger partial charge in [0.1, 0.15) is 16.5 Å². The fourth-order valence-corrected chi connectivity index (χ4v) is 4.07. The Balaban J connectivity index is 2.97. The summed E-state index contributed by atoms with van der Waals surface area (Å²) in [4.78, 5) is 0. The Morgan fingerprint density at radius 2 is 2.12 bits per heavy atom. The molecule has 0 spiro atoms. The van der Waals surface area contributed by atoms with Crippen LogP contribution in [0.15, 0.2) is 22.2 Å². The first-order chi connectivity index (χ1) is 7.71. The van der Waals surface area contributed by atoms with Gasteiger partial charge in [0.05, 0.1) is 19.5 Å². The Hall–Kier alpha value is 0.600. The third kappa shape index (κ3) is 3.78. The molecule has 0 fully saturated rings. The van der Waals surface area contributed by atoms with Gasteiger partial charge in [-0.15, -0.1) is 18.0 Å². The smallest absolute Gasteiger partial charge is 0.140 e. The van der Waals surface area contributed by atoms with E-state index < -0.39 is 0 Å². The molecule has 0 saturated heterocycles. The molecule has 2 unspecified atom stereocenters. The molecular weight excluding hydrogens is 391 g/mol. The molecule has 0 heterocycles. The molecule has 1 aliphatic carbocycles. The summed E-state index contributed by atoms with van der Waals surface area (Å²) < 4.78 is 0.303. The number of quaternary nitrogens is 1. The first-order valence-corrected chi connectivity index (χ1v) is 7.32. The molecule has 0 radical (unpaired) electrons. The molecule has 0 amide bonds. The number of rotatable bonds is 3. The van der Waals surface area contributed by atoms with Crippen molar-refractivity contribution in [2.24, 2.45) is 0 Å². The zero-order valence-corrected chi connectivity index (χ0v) is 14.1. The van der Waals surface area contributed by atoms with Gasteiger partial charge >= 0.3 is 0 Å². The highest BCUT2D eigenvalue weighted by Gasteiger charge is 2.44. The topological polar surface area (TPSA) is 0 Å². The van der Waals surface area contributed by atoms with Crippen LogP contribution in [0.1, 0.15) is 0 Å². The number of terminal acetylenes is 1. The van der Waals surface area contributed by atoms with Crippen molar-refractivity contribution in [3.05, 3.63) is 22.2 Å². The second kappa shape index (κ2) is 5.71. The quantitative estimate of drug-likeness (QED) is 0.290. The average Bonchev–Trinajstić information content (AvgIpc) is 2.13. The minimum absolute atomic E-state index is 0.233. The SMILES string of the molecule is C#CC[N+](C)(C)CC1(I)C(Cl)=CC(Cl)=CC1Cl. The Bertz CT molecular complexity index is 408. The van der Waals surface area contributed by atoms with Crippen LogP contribution in [0, 0.1) is 12.3 Å². The summed E-state index contributed by atoms with van der Waals surface area (Å²) in [6.45, 7) is 1.39. The van der Waals surface area contributed by atoms with Gasteiger partial charge in [-0.1, -0.05) is 45.8 Å². The van der Waals surface area contributed by atoms with Gasteiger partial charge in [-0.25, -0.2) is 0 Å². The summed E-state index contributed by atoms with van der Waals surface area (Å²) in [6.07, 6.45) is 8.94. The summed E-state index contributed by atoms with van der Waals surface area (Å²) in [5.74, 6) is 2.68. The molecule has 0 N–H and O–H groups in total. The van der Waals surface area contributed by atoms with Crippen LogP contribution in [0.5, 0.6) is 0 Å². The molecule has 1 aliphatic rings. The Kier molecular flexibility index (Phi) is 5.26. The van der Waals surface area contributed by atoms with Crippen LogP contribution in [0.25, 0.3) is 0 Å². The fraction of sp³-hybridized carbons (Fsp3) is 0.500.